The molecule has 0 atom stereocenters. The number of aliphatic imine (C=N–C) groups is 1. The summed E-state index contributed by atoms with van der Waals surface area (Å²) in [4.78, 5) is 11.1. The summed E-state index contributed by atoms with van der Waals surface area (Å²) in [5.74, 6) is 1.06. The summed E-state index contributed by atoms with van der Waals surface area (Å²) in [6, 6.07) is 8.82. The number of nitrogens with one attached hydrogen (secondary N) is 1. The highest BCUT2D eigenvalue weighted by Crippen LogP contribution is 2.43. The van der Waals surface area contributed by atoms with Crippen LogP contribution in [0.4, 0.5) is 0 Å². The van der Waals surface area contributed by atoms with Crippen molar-refractivity contribution >= 4 is 29.9 Å². The van der Waals surface area contributed by atoms with Gasteiger partial charge < -0.3 is 14.8 Å². The van der Waals surface area contributed by atoms with Crippen LogP contribution >= 0.6 is 24.0 Å². The van der Waals surface area contributed by atoms with Crippen molar-refractivity contribution in [1.82, 2.24) is 19.8 Å². The van der Waals surface area contributed by atoms with Crippen molar-refractivity contribution in [3.63, 3.8) is 0 Å². The Morgan fingerprint density at radius 2 is 1.86 bits per heavy atom. The van der Waals surface area contributed by atoms with Crippen LogP contribution in [0.3, 0.4) is 0 Å². The minimum atomic E-state index is 0. The molecule has 28 heavy (non-hydrogen) atoms. The lowest BCUT2D eigenvalue weighted by atomic mass is 9.73. The summed E-state index contributed by atoms with van der Waals surface area (Å²) in [5.41, 5.74) is 3.14. The van der Waals surface area contributed by atoms with Crippen molar-refractivity contribution in [3.05, 3.63) is 54.1 Å². The first-order chi connectivity index (χ1) is 13.3. The number of hydrogen-bond acceptors (Lipinski definition) is 2. The monoisotopic (exact) mass is 493 g/mol. The van der Waals surface area contributed by atoms with Gasteiger partial charge in [0.1, 0.15) is 0 Å². The third kappa shape index (κ3) is 5.07. The first-order valence-corrected chi connectivity index (χ1v) is 10.3. The quantitative estimate of drug-likeness (QED) is 0.393. The van der Waals surface area contributed by atoms with Crippen LogP contribution < -0.4 is 5.32 Å². The molecule has 2 fully saturated rings. The summed E-state index contributed by atoms with van der Waals surface area (Å²) >= 11 is 0. The van der Waals surface area contributed by atoms with Gasteiger partial charge in [0.05, 0.1) is 6.33 Å². The molecule has 1 spiro atoms. The molecule has 2 aliphatic rings. The van der Waals surface area contributed by atoms with E-state index < -0.39 is 0 Å². The topological polar surface area (TPSA) is 45.5 Å². The van der Waals surface area contributed by atoms with E-state index in [1.807, 2.05) is 25.8 Å². The van der Waals surface area contributed by atoms with Gasteiger partial charge in [-0.05, 0) is 35.8 Å². The lowest BCUT2D eigenvalue weighted by Crippen LogP contribution is -2.41. The zero-order chi connectivity index (χ0) is 18.5. The second kappa shape index (κ2) is 9.76. The van der Waals surface area contributed by atoms with Gasteiger partial charge in [0.25, 0.3) is 0 Å². The van der Waals surface area contributed by atoms with Crippen molar-refractivity contribution in [2.45, 2.75) is 51.6 Å². The molecule has 1 saturated carbocycles. The molecule has 152 valence electrons. The molecule has 2 aromatic rings. The average molecular weight is 493 g/mol. The van der Waals surface area contributed by atoms with E-state index in [9.17, 15) is 0 Å². The van der Waals surface area contributed by atoms with Gasteiger partial charge in [-0.15, -0.1) is 24.0 Å². The van der Waals surface area contributed by atoms with E-state index in [0.29, 0.717) is 5.41 Å². The molecule has 0 unspecified atom stereocenters. The number of nitrogens with zero attached hydrogens (tertiary/aromatic N) is 4. The first-order valence-electron chi connectivity index (χ1n) is 10.3. The lowest BCUT2D eigenvalue weighted by Gasteiger charge is -2.33. The van der Waals surface area contributed by atoms with Crippen LogP contribution in [0.1, 0.15) is 49.7 Å². The molecule has 0 bridgehead atoms. The predicted molar refractivity (Wildman–Crippen MR) is 125 cm³/mol. The van der Waals surface area contributed by atoms with E-state index in [4.69, 9.17) is 0 Å². The lowest BCUT2D eigenvalue weighted by molar-refractivity contribution is 0.203. The second-order valence-electron chi connectivity index (χ2n) is 8.18. The largest absolute Gasteiger partial charge is 0.352 e. The van der Waals surface area contributed by atoms with Crippen LogP contribution in [0.15, 0.2) is 48.0 Å². The molecule has 4 rings (SSSR count). The minimum absolute atomic E-state index is 0. The molecular weight excluding hydrogens is 461 g/mol. The molecule has 1 aliphatic heterocycles. The van der Waals surface area contributed by atoms with E-state index >= 15 is 0 Å². The van der Waals surface area contributed by atoms with Crippen LogP contribution in [0.5, 0.6) is 0 Å². The number of likely N-dealkylation sites (tertiary alicyclic amines) is 1. The summed E-state index contributed by atoms with van der Waals surface area (Å²) in [6.07, 6.45) is 14.0. The summed E-state index contributed by atoms with van der Waals surface area (Å²) in [5, 5.41) is 3.58. The van der Waals surface area contributed by atoms with Gasteiger partial charge in [0.15, 0.2) is 5.96 Å². The number of rotatable bonds is 4. The molecule has 2 heterocycles. The Labute approximate surface area is 185 Å². The maximum absolute atomic E-state index is 4.55. The Bertz CT molecular complexity index is 748. The van der Waals surface area contributed by atoms with E-state index in [-0.39, 0.29) is 24.0 Å². The summed E-state index contributed by atoms with van der Waals surface area (Å²) in [7, 11) is 1.91. The Balaban J connectivity index is 0.00000225. The highest BCUT2D eigenvalue weighted by atomic mass is 127. The van der Waals surface area contributed by atoms with Crippen LogP contribution in [-0.2, 0) is 13.1 Å². The highest BCUT2D eigenvalue weighted by Gasteiger charge is 2.39. The fraction of sp³-hybridized carbons (Fsp3) is 0.545. The van der Waals surface area contributed by atoms with Crippen LogP contribution in [-0.4, -0.2) is 40.5 Å². The maximum atomic E-state index is 4.55. The predicted octanol–water partition coefficient (Wildman–Crippen LogP) is 4.28. The second-order valence-corrected chi connectivity index (χ2v) is 8.18. The van der Waals surface area contributed by atoms with Crippen LogP contribution in [0.2, 0.25) is 0 Å². The molecular formula is C22H32IN5. The Morgan fingerprint density at radius 3 is 2.54 bits per heavy atom. The summed E-state index contributed by atoms with van der Waals surface area (Å²) in [6.45, 7) is 4.01. The fourth-order valence-electron chi connectivity index (χ4n) is 4.69. The summed E-state index contributed by atoms with van der Waals surface area (Å²) < 4.78 is 2.09. The zero-order valence-corrected chi connectivity index (χ0v) is 19.1. The molecule has 0 radical (unpaired) electrons. The van der Waals surface area contributed by atoms with Gasteiger partial charge in [-0.3, -0.25) is 4.99 Å². The standard InChI is InChI=1S/C22H31N5.HI/c1-23-21(27-13-11-22(17-27)9-3-2-4-10-22)25-15-19-5-7-20(8-6-19)16-26-14-12-24-18-26;/h5-8,12,14,18H,2-4,9-11,13,15-17H2,1H3,(H,23,25);1H. The van der Waals surface area contributed by atoms with Gasteiger partial charge in [0, 0.05) is 45.6 Å². The number of hydrogen-bond donors (Lipinski definition) is 1. The molecule has 1 N–H and O–H groups in total. The Kier molecular flexibility index (Phi) is 7.37. The molecule has 1 aliphatic carbocycles. The van der Waals surface area contributed by atoms with Gasteiger partial charge >= 0.3 is 0 Å². The SMILES string of the molecule is CN=C(NCc1ccc(Cn2ccnc2)cc1)N1CCC2(CCCCC2)C1.I. The smallest absolute Gasteiger partial charge is 0.193 e. The third-order valence-corrected chi connectivity index (χ3v) is 6.26. The zero-order valence-electron chi connectivity index (χ0n) is 16.8. The van der Waals surface area contributed by atoms with Crippen LogP contribution in [0.25, 0.3) is 0 Å². The van der Waals surface area contributed by atoms with Crippen LogP contribution in [0, 0.1) is 5.41 Å². The average Bonchev–Trinajstić information content (AvgIpc) is 3.35. The molecule has 1 aromatic heterocycles. The normalized spacial score (nSPS) is 18.9. The van der Waals surface area contributed by atoms with Crippen molar-refractivity contribution in [3.8, 4) is 0 Å². The molecule has 1 aromatic carbocycles. The Morgan fingerprint density at radius 1 is 1.11 bits per heavy atom. The van der Waals surface area contributed by atoms with E-state index in [0.717, 1.165) is 25.6 Å². The number of benzene rings is 1. The van der Waals surface area contributed by atoms with Crippen molar-refractivity contribution in [1.29, 1.82) is 0 Å². The number of guanidine groups is 1. The van der Waals surface area contributed by atoms with E-state index in [2.05, 4.69) is 49.0 Å². The molecule has 5 nitrogen and oxygen atoms in total. The number of aromatic nitrogens is 2. The van der Waals surface area contributed by atoms with E-state index in [1.54, 1.807) is 0 Å². The van der Waals surface area contributed by atoms with Crippen molar-refractivity contribution in [2.75, 3.05) is 20.1 Å². The number of imidazole rings is 1. The maximum Gasteiger partial charge on any atom is 0.193 e. The Hall–Kier alpha value is -1.57. The van der Waals surface area contributed by atoms with Gasteiger partial charge in [-0.1, -0.05) is 43.5 Å². The number of halogens is 1. The fourth-order valence-corrected chi connectivity index (χ4v) is 4.69. The third-order valence-electron chi connectivity index (χ3n) is 6.26. The van der Waals surface area contributed by atoms with Crippen molar-refractivity contribution in [2.24, 2.45) is 10.4 Å². The molecule has 0 amide bonds. The van der Waals surface area contributed by atoms with Gasteiger partial charge in [-0.25, -0.2) is 4.98 Å². The van der Waals surface area contributed by atoms with Gasteiger partial charge in [0.2, 0.25) is 0 Å². The highest BCUT2D eigenvalue weighted by molar-refractivity contribution is 14.0. The first kappa shape index (κ1) is 21.1. The van der Waals surface area contributed by atoms with Gasteiger partial charge in [-0.2, -0.15) is 0 Å². The molecule has 1 saturated heterocycles. The molecule has 6 heteroatoms. The van der Waals surface area contributed by atoms with Crippen molar-refractivity contribution < 1.29 is 0 Å². The minimum Gasteiger partial charge on any atom is -0.352 e. The van der Waals surface area contributed by atoms with E-state index in [1.165, 1.54) is 56.2 Å².